The van der Waals surface area contributed by atoms with Crippen LogP contribution in [0.1, 0.15) is 12.5 Å². The number of carbonyl (C=O) groups excluding carboxylic acids is 1. The highest BCUT2D eigenvalue weighted by Gasteiger charge is 2.19. The van der Waals surface area contributed by atoms with E-state index in [0.717, 1.165) is 5.56 Å². The molecule has 0 fully saturated rings. The number of anilines is 1. The highest BCUT2D eigenvalue weighted by Crippen LogP contribution is 2.31. The molecule has 0 saturated carbocycles. The molecule has 2 aromatic rings. The van der Waals surface area contributed by atoms with Crippen molar-refractivity contribution in [2.24, 2.45) is 5.92 Å². The summed E-state index contributed by atoms with van der Waals surface area (Å²) < 4.78 is 15.6. The Labute approximate surface area is 157 Å². The summed E-state index contributed by atoms with van der Waals surface area (Å²) in [5.74, 6) is 0.894. The van der Waals surface area contributed by atoms with E-state index in [9.17, 15) is 14.9 Å². The van der Waals surface area contributed by atoms with Crippen LogP contribution in [0.5, 0.6) is 17.2 Å². The number of nitrogens with one attached hydrogen (secondary N) is 1. The van der Waals surface area contributed by atoms with Crippen molar-refractivity contribution >= 4 is 17.3 Å². The molecule has 0 aliphatic rings. The van der Waals surface area contributed by atoms with Gasteiger partial charge >= 0.3 is 0 Å². The van der Waals surface area contributed by atoms with Crippen molar-refractivity contribution in [2.45, 2.75) is 13.3 Å². The zero-order valence-corrected chi connectivity index (χ0v) is 15.6. The monoisotopic (exact) mass is 374 g/mol. The topological polar surface area (TPSA) is 99.9 Å². The predicted octanol–water partition coefficient (Wildman–Crippen LogP) is 3.44. The van der Waals surface area contributed by atoms with Crippen LogP contribution in [0.4, 0.5) is 11.4 Å². The molecule has 1 atom stereocenters. The SMILES string of the molecule is COc1ccc([N+](=O)[O-])cc1NC(=O)C(C)Cc1ccc(OC)c(OC)c1. The van der Waals surface area contributed by atoms with E-state index in [0.29, 0.717) is 23.7 Å². The summed E-state index contributed by atoms with van der Waals surface area (Å²) in [6.45, 7) is 1.77. The molecule has 0 heterocycles. The summed E-state index contributed by atoms with van der Waals surface area (Å²) in [4.78, 5) is 23.0. The van der Waals surface area contributed by atoms with Gasteiger partial charge in [0.1, 0.15) is 5.75 Å². The molecule has 0 radical (unpaired) electrons. The quantitative estimate of drug-likeness (QED) is 0.561. The molecule has 0 aliphatic carbocycles. The number of nitrogens with zero attached hydrogens (tertiary/aromatic N) is 1. The summed E-state index contributed by atoms with van der Waals surface area (Å²) in [7, 11) is 4.54. The van der Waals surface area contributed by atoms with Gasteiger partial charge in [0, 0.05) is 18.1 Å². The smallest absolute Gasteiger partial charge is 0.271 e. The summed E-state index contributed by atoms with van der Waals surface area (Å²) in [6.07, 6.45) is 0.462. The zero-order valence-electron chi connectivity index (χ0n) is 15.6. The molecule has 8 nitrogen and oxygen atoms in total. The van der Waals surface area contributed by atoms with Crippen molar-refractivity contribution in [1.29, 1.82) is 0 Å². The van der Waals surface area contributed by atoms with Crippen LogP contribution in [-0.4, -0.2) is 32.2 Å². The van der Waals surface area contributed by atoms with Gasteiger partial charge in [-0.15, -0.1) is 0 Å². The lowest BCUT2D eigenvalue weighted by molar-refractivity contribution is -0.384. The third-order valence-corrected chi connectivity index (χ3v) is 4.09. The first-order valence-electron chi connectivity index (χ1n) is 8.23. The summed E-state index contributed by atoms with van der Waals surface area (Å²) in [6, 6.07) is 9.51. The number of amides is 1. The van der Waals surface area contributed by atoms with Crippen LogP contribution < -0.4 is 19.5 Å². The zero-order chi connectivity index (χ0) is 20.0. The van der Waals surface area contributed by atoms with E-state index in [2.05, 4.69) is 5.32 Å². The van der Waals surface area contributed by atoms with Gasteiger partial charge in [-0.1, -0.05) is 13.0 Å². The molecule has 2 aromatic carbocycles. The maximum atomic E-state index is 12.6. The molecule has 144 valence electrons. The van der Waals surface area contributed by atoms with Crippen molar-refractivity contribution in [3.05, 3.63) is 52.1 Å². The van der Waals surface area contributed by atoms with Gasteiger partial charge in [0.05, 0.1) is 31.9 Å². The number of carbonyl (C=O) groups is 1. The van der Waals surface area contributed by atoms with Gasteiger partial charge in [-0.25, -0.2) is 0 Å². The highest BCUT2D eigenvalue weighted by atomic mass is 16.6. The fourth-order valence-electron chi connectivity index (χ4n) is 2.62. The van der Waals surface area contributed by atoms with Crippen LogP contribution in [0, 0.1) is 16.0 Å². The normalized spacial score (nSPS) is 11.4. The Morgan fingerprint density at radius 2 is 1.67 bits per heavy atom. The summed E-state index contributed by atoms with van der Waals surface area (Å²) >= 11 is 0. The first-order valence-corrected chi connectivity index (χ1v) is 8.23. The number of nitro groups is 1. The molecule has 0 aromatic heterocycles. The van der Waals surface area contributed by atoms with Crippen LogP contribution in [-0.2, 0) is 11.2 Å². The standard InChI is InChI=1S/C19H22N2O6/c1-12(9-13-5-7-17(26-3)18(10-13)27-4)19(22)20-15-11-14(21(23)24)6-8-16(15)25-2/h5-8,10-12H,9H2,1-4H3,(H,20,22). The van der Waals surface area contributed by atoms with E-state index in [4.69, 9.17) is 14.2 Å². The second-order valence-electron chi connectivity index (χ2n) is 5.93. The van der Waals surface area contributed by atoms with Gasteiger partial charge in [0.15, 0.2) is 11.5 Å². The van der Waals surface area contributed by atoms with Gasteiger partial charge in [0.25, 0.3) is 5.69 Å². The fourth-order valence-corrected chi connectivity index (χ4v) is 2.62. The van der Waals surface area contributed by atoms with Crippen molar-refractivity contribution in [2.75, 3.05) is 26.6 Å². The number of non-ortho nitro benzene ring substituents is 1. The van der Waals surface area contributed by atoms with Crippen LogP contribution >= 0.6 is 0 Å². The molecule has 0 bridgehead atoms. The van der Waals surface area contributed by atoms with Crippen molar-refractivity contribution < 1.29 is 23.9 Å². The van der Waals surface area contributed by atoms with E-state index in [1.807, 2.05) is 12.1 Å². The van der Waals surface area contributed by atoms with Gasteiger partial charge in [0.2, 0.25) is 5.91 Å². The number of nitro benzene ring substituents is 1. The second-order valence-corrected chi connectivity index (χ2v) is 5.93. The van der Waals surface area contributed by atoms with Gasteiger partial charge in [-0.3, -0.25) is 14.9 Å². The Hall–Kier alpha value is -3.29. The predicted molar refractivity (Wildman–Crippen MR) is 101 cm³/mol. The van der Waals surface area contributed by atoms with Crippen LogP contribution in [0.3, 0.4) is 0 Å². The second kappa shape index (κ2) is 8.88. The Morgan fingerprint density at radius 1 is 1.04 bits per heavy atom. The van der Waals surface area contributed by atoms with E-state index >= 15 is 0 Å². The minimum atomic E-state index is -0.526. The first kappa shape index (κ1) is 20.0. The molecule has 1 amide bonds. The molecule has 0 spiro atoms. The minimum absolute atomic E-state index is 0.126. The first-order chi connectivity index (χ1) is 12.9. The third kappa shape index (κ3) is 4.87. The van der Waals surface area contributed by atoms with Crippen LogP contribution in [0.25, 0.3) is 0 Å². The molecule has 0 saturated heterocycles. The number of hydrogen-bond acceptors (Lipinski definition) is 6. The van der Waals surface area contributed by atoms with E-state index < -0.39 is 4.92 Å². The largest absolute Gasteiger partial charge is 0.495 e. The van der Waals surface area contributed by atoms with Crippen LogP contribution in [0.2, 0.25) is 0 Å². The average molecular weight is 374 g/mol. The lowest BCUT2D eigenvalue weighted by Gasteiger charge is -2.15. The van der Waals surface area contributed by atoms with Gasteiger partial charge in [-0.2, -0.15) is 0 Å². The van der Waals surface area contributed by atoms with E-state index in [1.165, 1.54) is 25.3 Å². The number of benzene rings is 2. The van der Waals surface area contributed by atoms with Crippen molar-refractivity contribution in [3.8, 4) is 17.2 Å². The Bertz CT molecular complexity index is 837. The molecule has 27 heavy (non-hydrogen) atoms. The van der Waals surface area contributed by atoms with Gasteiger partial charge in [-0.05, 0) is 30.2 Å². The molecular weight excluding hydrogens is 352 g/mol. The number of methoxy groups -OCH3 is 3. The molecule has 2 rings (SSSR count). The van der Waals surface area contributed by atoms with Crippen LogP contribution in [0.15, 0.2) is 36.4 Å². The lowest BCUT2D eigenvalue weighted by atomic mass is 9.99. The third-order valence-electron chi connectivity index (χ3n) is 4.09. The Kier molecular flexibility index (Phi) is 6.59. The Morgan fingerprint density at radius 3 is 2.26 bits per heavy atom. The highest BCUT2D eigenvalue weighted by molar-refractivity contribution is 5.94. The minimum Gasteiger partial charge on any atom is -0.495 e. The summed E-state index contributed by atoms with van der Waals surface area (Å²) in [5.41, 5.74) is 1.04. The average Bonchev–Trinajstić information content (AvgIpc) is 2.67. The maximum absolute atomic E-state index is 12.6. The Balaban J connectivity index is 2.14. The van der Waals surface area contributed by atoms with E-state index in [-0.39, 0.29) is 23.2 Å². The number of hydrogen-bond donors (Lipinski definition) is 1. The van der Waals surface area contributed by atoms with Crippen molar-refractivity contribution in [1.82, 2.24) is 0 Å². The van der Waals surface area contributed by atoms with Gasteiger partial charge < -0.3 is 19.5 Å². The molecule has 1 N–H and O–H groups in total. The molecular formula is C19H22N2O6. The summed E-state index contributed by atoms with van der Waals surface area (Å²) in [5, 5.41) is 13.7. The number of rotatable bonds is 8. The molecule has 8 heteroatoms. The maximum Gasteiger partial charge on any atom is 0.271 e. The molecule has 1 unspecified atom stereocenters. The van der Waals surface area contributed by atoms with Crippen molar-refractivity contribution in [3.63, 3.8) is 0 Å². The fraction of sp³-hybridized carbons (Fsp3) is 0.316. The lowest BCUT2D eigenvalue weighted by Crippen LogP contribution is -2.22. The van der Waals surface area contributed by atoms with E-state index in [1.54, 1.807) is 27.2 Å². The molecule has 0 aliphatic heterocycles. The number of ether oxygens (including phenoxy) is 3.